The lowest BCUT2D eigenvalue weighted by molar-refractivity contribution is -0.144. The van der Waals surface area contributed by atoms with Crippen LogP contribution in [0, 0.1) is 0 Å². The van der Waals surface area contributed by atoms with Gasteiger partial charge in [0.25, 0.3) is 5.97 Å². The molecule has 0 aliphatic carbocycles. The minimum absolute atomic E-state index is 0.283. The standard InChI is InChI=1S/C24H48O5Si/c1-5-9-10-11-12-13-14-15-16-17-18-19-20-21-22-23-24(25)29-30(26-6-2,27-7-3)28-8-4/h15-16H,5-14,17-23H2,1-4H3/b16-15-. The fourth-order valence-corrected chi connectivity index (χ4v) is 5.14. The highest BCUT2D eigenvalue weighted by Crippen LogP contribution is 2.15. The van der Waals surface area contributed by atoms with Gasteiger partial charge in [0.15, 0.2) is 0 Å². The van der Waals surface area contributed by atoms with E-state index >= 15 is 0 Å². The number of carbonyl (C=O) groups excluding carboxylic acids is 1. The Balaban J connectivity index is 3.71. The van der Waals surface area contributed by atoms with Gasteiger partial charge in [-0.2, -0.15) is 0 Å². The van der Waals surface area contributed by atoms with Crippen molar-refractivity contribution in [1.29, 1.82) is 0 Å². The molecule has 0 spiro atoms. The van der Waals surface area contributed by atoms with Crippen LogP contribution in [0.3, 0.4) is 0 Å². The van der Waals surface area contributed by atoms with E-state index in [1.807, 2.05) is 20.8 Å². The zero-order chi connectivity index (χ0) is 22.3. The first-order valence-electron chi connectivity index (χ1n) is 12.4. The average Bonchev–Trinajstić information content (AvgIpc) is 2.71. The van der Waals surface area contributed by atoms with Gasteiger partial charge in [-0.05, 0) is 52.9 Å². The monoisotopic (exact) mass is 444 g/mol. The summed E-state index contributed by atoms with van der Waals surface area (Å²) in [4.78, 5) is 12.2. The summed E-state index contributed by atoms with van der Waals surface area (Å²) in [5.41, 5.74) is 0. The number of hydrogen-bond acceptors (Lipinski definition) is 5. The second kappa shape index (κ2) is 21.5. The quantitative estimate of drug-likeness (QED) is 0.101. The summed E-state index contributed by atoms with van der Waals surface area (Å²) in [5.74, 6) is -0.283. The van der Waals surface area contributed by atoms with Crippen molar-refractivity contribution in [1.82, 2.24) is 0 Å². The topological polar surface area (TPSA) is 54.0 Å². The lowest BCUT2D eigenvalue weighted by Crippen LogP contribution is -2.50. The van der Waals surface area contributed by atoms with Crippen LogP contribution in [0.15, 0.2) is 12.2 Å². The van der Waals surface area contributed by atoms with Crippen LogP contribution in [0.1, 0.15) is 118 Å². The highest BCUT2D eigenvalue weighted by atomic mass is 28.4. The first-order chi connectivity index (χ1) is 14.6. The fraction of sp³-hybridized carbons (Fsp3) is 0.875. The highest BCUT2D eigenvalue weighted by Gasteiger charge is 2.49. The summed E-state index contributed by atoms with van der Waals surface area (Å²) >= 11 is 0. The molecule has 6 heteroatoms. The number of carbonyl (C=O) groups is 1. The van der Waals surface area contributed by atoms with E-state index in [1.165, 1.54) is 64.2 Å². The molecule has 0 aliphatic rings. The molecule has 0 aromatic heterocycles. The average molecular weight is 445 g/mol. The van der Waals surface area contributed by atoms with Gasteiger partial charge in [-0.25, -0.2) is 0 Å². The molecule has 0 aliphatic heterocycles. The van der Waals surface area contributed by atoms with Crippen LogP contribution in [-0.2, 0) is 22.5 Å². The van der Waals surface area contributed by atoms with Gasteiger partial charge in [0.1, 0.15) is 0 Å². The Morgan fingerprint density at radius 2 is 1.07 bits per heavy atom. The summed E-state index contributed by atoms with van der Waals surface area (Å²) in [6.45, 7) is 8.98. The number of rotatable bonds is 22. The van der Waals surface area contributed by atoms with Gasteiger partial charge < -0.3 is 17.7 Å². The first kappa shape index (κ1) is 29.3. The van der Waals surface area contributed by atoms with Crippen molar-refractivity contribution in [3.05, 3.63) is 12.2 Å². The van der Waals surface area contributed by atoms with E-state index in [1.54, 1.807) is 0 Å². The molecule has 0 rings (SSSR count). The maximum absolute atomic E-state index is 12.2. The second-order valence-electron chi connectivity index (χ2n) is 7.61. The van der Waals surface area contributed by atoms with Gasteiger partial charge in [0, 0.05) is 26.2 Å². The zero-order valence-electron chi connectivity index (χ0n) is 20.2. The number of allylic oxidation sites excluding steroid dienone is 2. The van der Waals surface area contributed by atoms with Crippen LogP contribution in [0.4, 0.5) is 0 Å². The summed E-state index contributed by atoms with van der Waals surface area (Å²) in [7, 11) is -3.32. The van der Waals surface area contributed by atoms with E-state index in [9.17, 15) is 4.79 Å². The van der Waals surface area contributed by atoms with E-state index in [2.05, 4.69) is 19.1 Å². The third-order valence-electron chi connectivity index (χ3n) is 4.84. The van der Waals surface area contributed by atoms with E-state index < -0.39 is 9.05 Å². The van der Waals surface area contributed by atoms with Crippen LogP contribution >= 0.6 is 0 Å². The molecule has 0 bridgehead atoms. The van der Waals surface area contributed by atoms with Crippen LogP contribution in [0.2, 0.25) is 0 Å². The Hall–Kier alpha value is -0.693. The molecular weight excluding hydrogens is 396 g/mol. The maximum Gasteiger partial charge on any atom is 0.751 e. The van der Waals surface area contributed by atoms with Gasteiger partial charge in [0.2, 0.25) is 0 Å². The molecule has 0 saturated heterocycles. The first-order valence-corrected chi connectivity index (χ1v) is 14.1. The molecule has 0 amide bonds. The second-order valence-corrected chi connectivity index (χ2v) is 9.68. The highest BCUT2D eigenvalue weighted by molar-refractivity contribution is 6.55. The molecule has 0 unspecified atom stereocenters. The third-order valence-corrected chi connectivity index (χ3v) is 7.25. The molecule has 0 aromatic rings. The Labute approximate surface area is 187 Å². The van der Waals surface area contributed by atoms with Crippen molar-refractivity contribution in [2.75, 3.05) is 19.8 Å². The Bertz CT molecular complexity index is 397. The summed E-state index contributed by atoms with van der Waals surface area (Å²) < 4.78 is 22.2. The zero-order valence-corrected chi connectivity index (χ0v) is 21.2. The lowest BCUT2D eigenvalue weighted by atomic mass is 10.1. The molecule has 5 nitrogen and oxygen atoms in total. The summed E-state index contributed by atoms with van der Waals surface area (Å²) in [6.07, 6.45) is 21.1. The predicted octanol–water partition coefficient (Wildman–Crippen LogP) is 7.11. The van der Waals surface area contributed by atoms with Crippen molar-refractivity contribution in [2.45, 2.75) is 118 Å². The van der Waals surface area contributed by atoms with Gasteiger partial charge >= 0.3 is 9.05 Å². The predicted molar refractivity (Wildman–Crippen MR) is 126 cm³/mol. The van der Waals surface area contributed by atoms with Gasteiger partial charge in [0.05, 0.1) is 0 Å². The smallest absolute Gasteiger partial charge is 0.452 e. The Morgan fingerprint density at radius 3 is 1.53 bits per heavy atom. The number of hydrogen-bond donors (Lipinski definition) is 0. The van der Waals surface area contributed by atoms with Crippen LogP contribution in [0.5, 0.6) is 0 Å². The Morgan fingerprint density at radius 1 is 0.633 bits per heavy atom. The van der Waals surface area contributed by atoms with Crippen LogP contribution < -0.4 is 0 Å². The largest absolute Gasteiger partial charge is 0.751 e. The Kier molecular flexibility index (Phi) is 21.0. The molecule has 0 saturated carbocycles. The van der Waals surface area contributed by atoms with Crippen LogP contribution in [0.25, 0.3) is 0 Å². The van der Waals surface area contributed by atoms with E-state index in [0.717, 1.165) is 19.3 Å². The molecule has 30 heavy (non-hydrogen) atoms. The van der Waals surface area contributed by atoms with Crippen molar-refractivity contribution in [2.24, 2.45) is 0 Å². The molecule has 0 fully saturated rings. The van der Waals surface area contributed by atoms with Crippen molar-refractivity contribution >= 4 is 15.0 Å². The maximum atomic E-state index is 12.2. The normalized spacial score (nSPS) is 12.0. The minimum Gasteiger partial charge on any atom is -0.452 e. The lowest BCUT2D eigenvalue weighted by Gasteiger charge is -2.25. The van der Waals surface area contributed by atoms with Gasteiger partial charge in [-0.15, -0.1) is 0 Å². The van der Waals surface area contributed by atoms with E-state index in [0.29, 0.717) is 26.2 Å². The van der Waals surface area contributed by atoms with E-state index in [-0.39, 0.29) is 5.97 Å². The molecule has 0 aromatic carbocycles. The number of unbranched alkanes of at least 4 members (excludes halogenated alkanes) is 11. The molecule has 178 valence electrons. The van der Waals surface area contributed by atoms with Crippen molar-refractivity contribution in [3.63, 3.8) is 0 Å². The molecule has 0 N–H and O–H groups in total. The van der Waals surface area contributed by atoms with Crippen LogP contribution in [-0.4, -0.2) is 34.8 Å². The van der Waals surface area contributed by atoms with Crippen molar-refractivity contribution in [3.8, 4) is 0 Å². The molecule has 0 atom stereocenters. The molecule has 0 heterocycles. The summed E-state index contributed by atoms with van der Waals surface area (Å²) in [5, 5.41) is 0. The summed E-state index contributed by atoms with van der Waals surface area (Å²) in [6, 6.07) is 0. The van der Waals surface area contributed by atoms with E-state index in [4.69, 9.17) is 17.7 Å². The van der Waals surface area contributed by atoms with Gasteiger partial charge in [-0.3, -0.25) is 4.79 Å². The minimum atomic E-state index is -3.32. The van der Waals surface area contributed by atoms with Gasteiger partial charge in [-0.1, -0.05) is 70.4 Å². The molecular formula is C24H48O5Si. The fourth-order valence-electron chi connectivity index (χ4n) is 3.27. The van der Waals surface area contributed by atoms with Crippen molar-refractivity contribution < 1.29 is 22.5 Å². The molecule has 0 radical (unpaired) electrons. The third kappa shape index (κ3) is 17.0. The SMILES string of the molecule is CCCCCCCC/C=C\CCCCCCCC(=O)O[Si](OCC)(OCC)OCC.